The van der Waals surface area contributed by atoms with Gasteiger partial charge in [-0.2, -0.15) is 0 Å². The number of nitrogens with one attached hydrogen (secondary N) is 1. The van der Waals surface area contributed by atoms with E-state index >= 15 is 0 Å². The highest BCUT2D eigenvalue weighted by molar-refractivity contribution is 5.27. The SMILES string of the molecule is CCCCCCNCc1ccc(OCCCCC)cc1. The summed E-state index contributed by atoms with van der Waals surface area (Å²) in [5.74, 6) is 0.993. The fourth-order valence-corrected chi connectivity index (χ4v) is 2.16. The van der Waals surface area contributed by atoms with Gasteiger partial charge in [0.2, 0.25) is 0 Å². The third-order valence-electron chi connectivity index (χ3n) is 3.48. The van der Waals surface area contributed by atoms with Crippen LogP contribution < -0.4 is 10.1 Å². The van der Waals surface area contributed by atoms with E-state index in [0.29, 0.717) is 0 Å². The zero-order chi connectivity index (χ0) is 14.5. The van der Waals surface area contributed by atoms with Gasteiger partial charge in [0, 0.05) is 6.54 Å². The lowest BCUT2D eigenvalue weighted by Crippen LogP contribution is -2.14. The van der Waals surface area contributed by atoms with Crippen LogP contribution in [0.4, 0.5) is 0 Å². The zero-order valence-corrected chi connectivity index (χ0v) is 13.3. The molecule has 0 atom stereocenters. The number of unbranched alkanes of at least 4 members (excludes halogenated alkanes) is 5. The predicted molar refractivity (Wildman–Crippen MR) is 87.3 cm³/mol. The minimum absolute atomic E-state index is 0.836. The molecule has 1 rings (SSSR count). The maximum Gasteiger partial charge on any atom is 0.119 e. The van der Waals surface area contributed by atoms with Crippen LogP contribution in [0.3, 0.4) is 0 Å². The van der Waals surface area contributed by atoms with Crippen molar-refractivity contribution in [3.8, 4) is 5.75 Å². The van der Waals surface area contributed by atoms with Gasteiger partial charge in [-0.15, -0.1) is 0 Å². The van der Waals surface area contributed by atoms with Crippen molar-refractivity contribution in [3.05, 3.63) is 29.8 Å². The average molecular weight is 277 g/mol. The highest BCUT2D eigenvalue weighted by Crippen LogP contribution is 2.12. The fourth-order valence-electron chi connectivity index (χ4n) is 2.16. The van der Waals surface area contributed by atoms with Crippen LogP contribution >= 0.6 is 0 Å². The van der Waals surface area contributed by atoms with Gasteiger partial charge in [-0.05, 0) is 37.1 Å². The Labute approximate surface area is 124 Å². The van der Waals surface area contributed by atoms with E-state index in [1.54, 1.807) is 0 Å². The Morgan fingerprint density at radius 1 is 0.850 bits per heavy atom. The van der Waals surface area contributed by atoms with E-state index in [2.05, 4.69) is 43.4 Å². The maximum atomic E-state index is 5.71. The van der Waals surface area contributed by atoms with E-state index in [1.807, 2.05) is 0 Å². The van der Waals surface area contributed by atoms with Crippen LogP contribution in [0.25, 0.3) is 0 Å². The maximum absolute atomic E-state index is 5.71. The minimum atomic E-state index is 0.836. The van der Waals surface area contributed by atoms with Gasteiger partial charge in [-0.1, -0.05) is 58.1 Å². The summed E-state index contributed by atoms with van der Waals surface area (Å²) in [6.07, 6.45) is 8.93. The second-order valence-electron chi connectivity index (χ2n) is 5.44. The van der Waals surface area contributed by atoms with Crippen LogP contribution in [0, 0.1) is 0 Å². The van der Waals surface area contributed by atoms with E-state index in [1.165, 1.54) is 44.1 Å². The topological polar surface area (TPSA) is 21.3 Å². The van der Waals surface area contributed by atoms with Crippen LogP contribution in [0.15, 0.2) is 24.3 Å². The molecule has 0 radical (unpaired) electrons. The smallest absolute Gasteiger partial charge is 0.119 e. The first-order valence-electron chi connectivity index (χ1n) is 8.29. The summed E-state index contributed by atoms with van der Waals surface area (Å²) in [5, 5.41) is 3.50. The van der Waals surface area contributed by atoms with E-state index in [9.17, 15) is 0 Å². The van der Waals surface area contributed by atoms with Crippen LogP contribution in [0.2, 0.25) is 0 Å². The molecule has 0 heterocycles. The molecular weight excluding hydrogens is 246 g/mol. The Hall–Kier alpha value is -1.02. The monoisotopic (exact) mass is 277 g/mol. The number of ether oxygens (including phenoxy) is 1. The Morgan fingerprint density at radius 2 is 1.55 bits per heavy atom. The molecule has 2 heteroatoms. The fraction of sp³-hybridized carbons (Fsp3) is 0.667. The van der Waals surface area contributed by atoms with Gasteiger partial charge in [-0.3, -0.25) is 0 Å². The molecule has 0 fully saturated rings. The van der Waals surface area contributed by atoms with Gasteiger partial charge in [0.15, 0.2) is 0 Å². The van der Waals surface area contributed by atoms with Crippen molar-refractivity contribution in [3.63, 3.8) is 0 Å². The van der Waals surface area contributed by atoms with Crippen molar-refractivity contribution in [1.29, 1.82) is 0 Å². The van der Waals surface area contributed by atoms with E-state index < -0.39 is 0 Å². The molecule has 114 valence electrons. The molecule has 0 unspecified atom stereocenters. The largest absolute Gasteiger partial charge is 0.494 e. The zero-order valence-electron chi connectivity index (χ0n) is 13.3. The average Bonchev–Trinajstić information content (AvgIpc) is 2.49. The highest BCUT2D eigenvalue weighted by Gasteiger charge is 1.96. The van der Waals surface area contributed by atoms with Crippen LogP contribution in [0.1, 0.15) is 64.4 Å². The van der Waals surface area contributed by atoms with Crippen molar-refractivity contribution in [2.75, 3.05) is 13.2 Å². The van der Waals surface area contributed by atoms with E-state index in [4.69, 9.17) is 4.74 Å². The molecule has 1 N–H and O–H groups in total. The lowest BCUT2D eigenvalue weighted by atomic mass is 10.2. The van der Waals surface area contributed by atoms with Gasteiger partial charge >= 0.3 is 0 Å². The molecule has 1 aromatic carbocycles. The summed E-state index contributed by atoms with van der Waals surface area (Å²) in [6.45, 7) is 7.38. The second-order valence-corrected chi connectivity index (χ2v) is 5.44. The summed E-state index contributed by atoms with van der Waals surface area (Å²) in [6, 6.07) is 8.49. The van der Waals surface area contributed by atoms with Gasteiger partial charge < -0.3 is 10.1 Å². The molecule has 20 heavy (non-hydrogen) atoms. The van der Waals surface area contributed by atoms with Crippen molar-refractivity contribution >= 4 is 0 Å². The van der Waals surface area contributed by atoms with Crippen LogP contribution in [0.5, 0.6) is 5.75 Å². The van der Waals surface area contributed by atoms with Gasteiger partial charge in [0.05, 0.1) is 6.61 Å². The number of rotatable bonds is 12. The van der Waals surface area contributed by atoms with Crippen molar-refractivity contribution in [2.24, 2.45) is 0 Å². The molecule has 0 aromatic heterocycles. The van der Waals surface area contributed by atoms with Crippen LogP contribution in [-0.2, 0) is 6.54 Å². The first kappa shape index (κ1) is 17.0. The van der Waals surface area contributed by atoms with Crippen molar-refractivity contribution < 1.29 is 4.74 Å². The third kappa shape index (κ3) is 8.21. The number of hydrogen-bond acceptors (Lipinski definition) is 2. The van der Waals surface area contributed by atoms with Crippen molar-refractivity contribution in [1.82, 2.24) is 5.32 Å². The predicted octanol–water partition coefficient (Wildman–Crippen LogP) is 4.93. The molecule has 0 saturated carbocycles. The van der Waals surface area contributed by atoms with Gasteiger partial charge in [0.1, 0.15) is 5.75 Å². The quantitative estimate of drug-likeness (QED) is 0.547. The lowest BCUT2D eigenvalue weighted by molar-refractivity contribution is 0.306. The number of benzene rings is 1. The lowest BCUT2D eigenvalue weighted by Gasteiger charge is -2.08. The molecule has 0 amide bonds. The molecule has 2 nitrogen and oxygen atoms in total. The minimum Gasteiger partial charge on any atom is -0.494 e. The summed E-state index contributed by atoms with van der Waals surface area (Å²) >= 11 is 0. The summed E-state index contributed by atoms with van der Waals surface area (Å²) < 4.78 is 5.71. The molecule has 0 aliphatic carbocycles. The Bertz CT molecular complexity index is 321. The number of hydrogen-bond donors (Lipinski definition) is 1. The van der Waals surface area contributed by atoms with E-state index in [0.717, 1.165) is 31.9 Å². The first-order chi connectivity index (χ1) is 9.86. The van der Waals surface area contributed by atoms with Crippen LogP contribution in [-0.4, -0.2) is 13.2 Å². The van der Waals surface area contributed by atoms with Crippen molar-refractivity contribution in [2.45, 2.75) is 65.3 Å². The Kier molecular flexibility index (Phi) is 10.0. The summed E-state index contributed by atoms with van der Waals surface area (Å²) in [5.41, 5.74) is 1.33. The normalized spacial score (nSPS) is 10.7. The molecule has 0 bridgehead atoms. The molecule has 0 aliphatic heterocycles. The molecule has 0 spiro atoms. The van der Waals surface area contributed by atoms with Gasteiger partial charge in [0.25, 0.3) is 0 Å². The highest BCUT2D eigenvalue weighted by atomic mass is 16.5. The summed E-state index contributed by atoms with van der Waals surface area (Å²) in [7, 11) is 0. The second kappa shape index (κ2) is 11.8. The Balaban J connectivity index is 2.12. The Morgan fingerprint density at radius 3 is 2.25 bits per heavy atom. The molecule has 1 aromatic rings. The standard InChI is InChI=1S/C18H31NO/c1-3-5-7-8-14-19-16-17-10-12-18(13-11-17)20-15-9-6-4-2/h10-13,19H,3-9,14-16H2,1-2H3. The third-order valence-corrected chi connectivity index (χ3v) is 3.48. The molecule has 0 aliphatic rings. The van der Waals surface area contributed by atoms with E-state index in [-0.39, 0.29) is 0 Å². The molecule has 0 saturated heterocycles. The van der Waals surface area contributed by atoms with Gasteiger partial charge in [-0.25, -0.2) is 0 Å². The first-order valence-corrected chi connectivity index (χ1v) is 8.29. The molecular formula is C18H31NO. The summed E-state index contributed by atoms with van der Waals surface area (Å²) in [4.78, 5) is 0.